The van der Waals surface area contributed by atoms with Crippen LogP contribution in [0, 0.1) is 0 Å². The summed E-state index contributed by atoms with van der Waals surface area (Å²) in [6.07, 6.45) is 0.407. The number of esters is 1. The lowest BCUT2D eigenvalue weighted by Gasteiger charge is -2.23. The minimum Gasteiger partial charge on any atom is -0.482 e. The summed E-state index contributed by atoms with van der Waals surface area (Å²) in [5.41, 5.74) is 0. The van der Waals surface area contributed by atoms with Gasteiger partial charge in [-0.2, -0.15) is 0 Å². The Hall–Kier alpha value is -1.61. The molecular formula is C15H18BrNO6S. The van der Waals surface area contributed by atoms with Crippen molar-refractivity contribution in [2.75, 3.05) is 31.8 Å². The van der Waals surface area contributed by atoms with Crippen molar-refractivity contribution in [3.05, 3.63) is 28.7 Å². The van der Waals surface area contributed by atoms with Gasteiger partial charge in [0.2, 0.25) is 0 Å². The maximum absolute atomic E-state index is 12.0. The fourth-order valence-electron chi connectivity index (χ4n) is 2.27. The normalized spacial score (nSPS) is 18.8. The third kappa shape index (κ3) is 5.48. The first-order chi connectivity index (χ1) is 11.3. The highest BCUT2D eigenvalue weighted by Crippen LogP contribution is 2.18. The first-order valence-electron chi connectivity index (χ1n) is 7.27. The zero-order chi connectivity index (χ0) is 17.7. The van der Waals surface area contributed by atoms with Gasteiger partial charge in [-0.05, 0) is 24.6 Å². The fourth-order valence-corrected chi connectivity index (χ4v) is 4.42. The van der Waals surface area contributed by atoms with Crippen LogP contribution in [0.4, 0.5) is 0 Å². The van der Waals surface area contributed by atoms with Crippen molar-refractivity contribution in [3.63, 3.8) is 0 Å². The Bertz CT molecular complexity index is 720. The zero-order valence-corrected chi connectivity index (χ0v) is 15.5. The SMILES string of the molecule is CN(C(=O)COC(=O)COc1cccc(Br)c1)[C@H]1CCS(=O)(=O)C1. The van der Waals surface area contributed by atoms with Gasteiger partial charge < -0.3 is 14.4 Å². The minimum atomic E-state index is -3.07. The Morgan fingerprint density at radius 1 is 1.33 bits per heavy atom. The van der Waals surface area contributed by atoms with Crippen molar-refractivity contribution in [1.29, 1.82) is 0 Å². The number of halogens is 1. The molecule has 132 valence electrons. The number of rotatable bonds is 6. The van der Waals surface area contributed by atoms with E-state index in [1.807, 2.05) is 6.07 Å². The van der Waals surface area contributed by atoms with Gasteiger partial charge in [0, 0.05) is 17.6 Å². The van der Waals surface area contributed by atoms with Crippen LogP contribution in [0.15, 0.2) is 28.7 Å². The van der Waals surface area contributed by atoms with Crippen molar-refractivity contribution >= 4 is 37.6 Å². The van der Waals surface area contributed by atoms with Gasteiger partial charge in [-0.25, -0.2) is 13.2 Å². The minimum absolute atomic E-state index is 0.0464. The van der Waals surface area contributed by atoms with Gasteiger partial charge in [0.15, 0.2) is 23.1 Å². The van der Waals surface area contributed by atoms with Gasteiger partial charge >= 0.3 is 5.97 Å². The Morgan fingerprint density at radius 2 is 2.08 bits per heavy atom. The van der Waals surface area contributed by atoms with Crippen LogP contribution < -0.4 is 4.74 Å². The van der Waals surface area contributed by atoms with E-state index in [4.69, 9.17) is 9.47 Å². The Kier molecular flexibility index (Phi) is 6.22. The molecule has 0 radical (unpaired) electrons. The third-order valence-corrected chi connectivity index (χ3v) is 5.90. The summed E-state index contributed by atoms with van der Waals surface area (Å²) in [7, 11) is -1.56. The van der Waals surface area contributed by atoms with Crippen LogP contribution in [0.3, 0.4) is 0 Å². The number of nitrogens with zero attached hydrogens (tertiary/aromatic N) is 1. The lowest BCUT2D eigenvalue weighted by Crippen LogP contribution is -2.40. The fraction of sp³-hybridized carbons (Fsp3) is 0.467. The van der Waals surface area contributed by atoms with E-state index >= 15 is 0 Å². The quantitative estimate of drug-likeness (QED) is 0.639. The predicted molar refractivity (Wildman–Crippen MR) is 90.4 cm³/mol. The first-order valence-corrected chi connectivity index (χ1v) is 9.88. The highest BCUT2D eigenvalue weighted by Gasteiger charge is 2.32. The summed E-state index contributed by atoms with van der Waals surface area (Å²) < 4.78 is 33.8. The summed E-state index contributed by atoms with van der Waals surface area (Å²) in [4.78, 5) is 24.9. The van der Waals surface area contributed by atoms with Crippen LogP contribution in [0.5, 0.6) is 5.75 Å². The van der Waals surface area contributed by atoms with Crippen LogP contribution in [-0.4, -0.2) is 63.0 Å². The number of carbonyl (C=O) groups is 2. The molecule has 0 N–H and O–H groups in total. The Morgan fingerprint density at radius 3 is 2.71 bits per heavy atom. The molecule has 1 fully saturated rings. The number of hydrogen-bond acceptors (Lipinski definition) is 6. The second-order valence-electron chi connectivity index (χ2n) is 5.47. The van der Waals surface area contributed by atoms with E-state index in [1.165, 1.54) is 11.9 Å². The van der Waals surface area contributed by atoms with Gasteiger partial charge in [0.1, 0.15) is 5.75 Å². The van der Waals surface area contributed by atoms with Crippen molar-refractivity contribution in [1.82, 2.24) is 4.90 Å². The summed E-state index contributed by atoms with van der Waals surface area (Å²) in [6.45, 7) is -0.751. The molecule has 0 saturated carbocycles. The molecule has 1 aliphatic heterocycles. The summed E-state index contributed by atoms with van der Waals surface area (Å²) in [5.74, 6) is -0.574. The average Bonchev–Trinajstić information content (AvgIpc) is 2.90. The maximum Gasteiger partial charge on any atom is 0.344 e. The molecule has 0 bridgehead atoms. The van der Waals surface area contributed by atoms with E-state index in [-0.39, 0.29) is 24.2 Å². The van der Waals surface area contributed by atoms with Crippen molar-refractivity contribution in [2.45, 2.75) is 12.5 Å². The van der Waals surface area contributed by atoms with E-state index < -0.39 is 28.3 Å². The highest BCUT2D eigenvalue weighted by molar-refractivity contribution is 9.10. The molecule has 0 spiro atoms. The van der Waals surface area contributed by atoms with Crippen molar-refractivity contribution in [3.8, 4) is 5.75 Å². The van der Waals surface area contributed by atoms with Crippen LogP contribution in [0.1, 0.15) is 6.42 Å². The number of benzene rings is 1. The second kappa shape index (κ2) is 7.98. The summed E-state index contributed by atoms with van der Waals surface area (Å²) in [5, 5.41) is 0. The maximum atomic E-state index is 12.0. The number of sulfone groups is 1. The van der Waals surface area contributed by atoms with Gasteiger partial charge in [-0.3, -0.25) is 4.79 Å². The molecule has 1 aromatic rings. The van der Waals surface area contributed by atoms with Crippen LogP contribution in [-0.2, 0) is 24.2 Å². The summed E-state index contributed by atoms with van der Waals surface area (Å²) >= 11 is 3.29. The summed E-state index contributed by atoms with van der Waals surface area (Å²) in [6, 6.07) is 6.62. The van der Waals surface area contributed by atoms with E-state index in [0.29, 0.717) is 12.2 Å². The lowest BCUT2D eigenvalue weighted by atomic mass is 10.2. The van der Waals surface area contributed by atoms with E-state index in [2.05, 4.69) is 15.9 Å². The molecule has 0 unspecified atom stereocenters. The van der Waals surface area contributed by atoms with E-state index in [1.54, 1.807) is 18.2 Å². The monoisotopic (exact) mass is 419 g/mol. The average molecular weight is 420 g/mol. The highest BCUT2D eigenvalue weighted by atomic mass is 79.9. The van der Waals surface area contributed by atoms with Crippen LogP contribution >= 0.6 is 15.9 Å². The molecule has 2 rings (SSSR count). The number of likely N-dealkylation sites (N-methyl/N-ethyl adjacent to an activating group) is 1. The number of amides is 1. The molecule has 1 heterocycles. The van der Waals surface area contributed by atoms with Crippen molar-refractivity contribution in [2.24, 2.45) is 0 Å². The molecule has 0 aliphatic carbocycles. The van der Waals surface area contributed by atoms with Gasteiger partial charge in [0.25, 0.3) is 5.91 Å². The molecule has 7 nitrogen and oxygen atoms in total. The number of carbonyl (C=O) groups excluding carboxylic acids is 2. The lowest BCUT2D eigenvalue weighted by molar-refractivity contribution is -0.153. The Labute approximate surface area is 149 Å². The van der Waals surface area contributed by atoms with Crippen LogP contribution in [0.2, 0.25) is 0 Å². The Balaban J connectivity index is 1.74. The van der Waals surface area contributed by atoms with E-state index in [0.717, 1.165) is 4.47 Å². The molecule has 1 aliphatic rings. The van der Waals surface area contributed by atoms with Gasteiger partial charge in [-0.1, -0.05) is 22.0 Å². The van der Waals surface area contributed by atoms with Crippen molar-refractivity contribution < 1.29 is 27.5 Å². The largest absolute Gasteiger partial charge is 0.482 e. The molecular weight excluding hydrogens is 402 g/mol. The van der Waals surface area contributed by atoms with Gasteiger partial charge in [-0.15, -0.1) is 0 Å². The predicted octanol–water partition coefficient (Wildman–Crippen LogP) is 1.02. The third-order valence-electron chi connectivity index (χ3n) is 3.66. The van der Waals surface area contributed by atoms with E-state index in [9.17, 15) is 18.0 Å². The zero-order valence-electron chi connectivity index (χ0n) is 13.1. The first kappa shape index (κ1) is 18.7. The van der Waals surface area contributed by atoms with Gasteiger partial charge in [0.05, 0.1) is 11.5 Å². The van der Waals surface area contributed by atoms with Crippen LogP contribution in [0.25, 0.3) is 0 Å². The molecule has 1 amide bonds. The molecule has 0 aromatic heterocycles. The topological polar surface area (TPSA) is 90.0 Å². The number of hydrogen-bond donors (Lipinski definition) is 0. The smallest absolute Gasteiger partial charge is 0.344 e. The standard InChI is InChI=1S/C15H18BrNO6S/c1-17(12-5-6-24(20,21)10-12)14(18)8-23-15(19)9-22-13-4-2-3-11(16)7-13/h2-4,7,12H,5-6,8-10H2,1H3/t12-/m0/s1. The number of ether oxygens (including phenoxy) is 2. The molecule has 1 aromatic carbocycles. The molecule has 9 heteroatoms. The molecule has 1 atom stereocenters. The molecule has 1 saturated heterocycles. The molecule has 24 heavy (non-hydrogen) atoms. The second-order valence-corrected chi connectivity index (χ2v) is 8.61.